The third kappa shape index (κ3) is 3.07. The third-order valence-corrected chi connectivity index (χ3v) is 4.02. The van der Waals surface area contributed by atoms with Crippen LogP contribution in [0.3, 0.4) is 0 Å². The molecule has 1 saturated carbocycles. The Morgan fingerprint density at radius 1 is 1.47 bits per heavy atom. The van der Waals surface area contributed by atoms with Crippen molar-refractivity contribution in [1.82, 2.24) is 15.5 Å². The second kappa shape index (κ2) is 5.65. The van der Waals surface area contributed by atoms with Gasteiger partial charge in [0.15, 0.2) is 0 Å². The van der Waals surface area contributed by atoms with Crippen LogP contribution >= 0.6 is 0 Å². The molecule has 1 unspecified atom stereocenters. The molecule has 0 spiro atoms. The zero-order valence-corrected chi connectivity index (χ0v) is 10.6. The number of rotatable bonds is 5. The molecule has 1 atom stereocenters. The van der Waals surface area contributed by atoms with E-state index in [-0.39, 0.29) is 11.5 Å². The zero-order valence-electron chi connectivity index (χ0n) is 10.6. The number of aromatic amines is 1. The van der Waals surface area contributed by atoms with Crippen LogP contribution in [0.25, 0.3) is 0 Å². The van der Waals surface area contributed by atoms with Gasteiger partial charge in [0.05, 0.1) is 5.69 Å². The van der Waals surface area contributed by atoms with Crippen LogP contribution in [0, 0.1) is 5.41 Å². The van der Waals surface area contributed by atoms with Crippen LogP contribution in [-0.2, 0) is 0 Å². The maximum atomic E-state index is 9.62. The molecule has 1 fully saturated rings. The van der Waals surface area contributed by atoms with Crippen molar-refractivity contribution in [3.8, 4) is 0 Å². The maximum absolute atomic E-state index is 9.62. The van der Waals surface area contributed by atoms with Gasteiger partial charge >= 0.3 is 0 Å². The normalized spacial score (nSPS) is 21.3. The SMILES string of the molecule is CC(NCC1(CO)CCCCC1)c1ccn[nH]1. The lowest BCUT2D eigenvalue weighted by atomic mass is 9.74. The van der Waals surface area contributed by atoms with Crippen molar-refractivity contribution in [3.63, 3.8) is 0 Å². The fourth-order valence-electron chi connectivity index (χ4n) is 2.68. The average molecular weight is 237 g/mol. The highest BCUT2D eigenvalue weighted by atomic mass is 16.3. The third-order valence-electron chi connectivity index (χ3n) is 4.02. The molecule has 0 aliphatic heterocycles. The zero-order chi connectivity index (χ0) is 12.1. The summed E-state index contributed by atoms with van der Waals surface area (Å²) in [6.07, 6.45) is 7.88. The van der Waals surface area contributed by atoms with Gasteiger partial charge in [-0.3, -0.25) is 5.10 Å². The van der Waals surface area contributed by atoms with Gasteiger partial charge in [-0.2, -0.15) is 5.10 Å². The maximum Gasteiger partial charge on any atom is 0.0518 e. The summed E-state index contributed by atoms with van der Waals surface area (Å²) < 4.78 is 0. The molecule has 0 bridgehead atoms. The van der Waals surface area contributed by atoms with Gasteiger partial charge in [-0.05, 0) is 25.8 Å². The van der Waals surface area contributed by atoms with E-state index in [1.54, 1.807) is 6.20 Å². The molecular formula is C13H23N3O. The van der Waals surface area contributed by atoms with Crippen molar-refractivity contribution in [2.24, 2.45) is 5.41 Å². The summed E-state index contributed by atoms with van der Waals surface area (Å²) in [5.41, 5.74) is 1.21. The summed E-state index contributed by atoms with van der Waals surface area (Å²) in [6.45, 7) is 3.32. The van der Waals surface area contributed by atoms with E-state index in [1.165, 1.54) is 19.3 Å². The molecule has 1 aliphatic carbocycles. The van der Waals surface area contributed by atoms with Gasteiger partial charge in [0, 0.05) is 30.8 Å². The Morgan fingerprint density at radius 3 is 2.82 bits per heavy atom. The van der Waals surface area contributed by atoms with Crippen molar-refractivity contribution >= 4 is 0 Å². The molecule has 1 heterocycles. The van der Waals surface area contributed by atoms with Crippen LogP contribution in [0.1, 0.15) is 50.8 Å². The highest BCUT2D eigenvalue weighted by Gasteiger charge is 2.31. The first kappa shape index (κ1) is 12.6. The molecule has 1 aromatic heterocycles. The lowest BCUT2D eigenvalue weighted by Gasteiger charge is -2.36. The minimum atomic E-state index is 0.104. The molecule has 0 aromatic carbocycles. The molecule has 96 valence electrons. The lowest BCUT2D eigenvalue weighted by Crippen LogP contribution is -2.40. The smallest absolute Gasteiger partial charge is 0.0518 e. The summed E-state index contributed by atoms with van der Waals surface area (Å²) >= 11 is 0. The molecular weight excluding hydrogens is 214 g/mol. The molecule has 4 nitrogen and oxygen atoms in total. The van der Waals surface area contributed by atoms with Crippen molar-refractivity contribution in [3.05, 3.63) is 18.0 Å². The van der Waals surface area contributed by atoms with Gasteiger partial charge in [-0.25, -0.2) is 0 Å². The lowest BCUT2D eigenvalue weighted by molar-refractivity contribution is 0.0787. The van der Waals surface area contributed by atoms with E-state index in [0.717, 1.165) is 25.1 Å². The minimum Gasteiger partial charge on any atom is -0.396 e. The first-order valence-electron chi connectivity index (χ1n) is 6.59. The molecule has 1 aromatic rings. The summed E-state index contributed by atoms with van der Waals surface area (Å²) in [4.78, 5) is 0. The van der Waals surface area contributed by atoms with Crippen LogP contribution in [0.15, 0.2) is 12.3 Å². The Hall–Kier alpha value is -0.870. The first-order valence-corrected chi connectivity index (χ1v) is 6.59. The number of nitrogens with zero attached hydrogens (tertiary/aromatic N) is 1. The van der Waals surface area contributed by atoms with E-state index in [4.69, 9.17) is 0 Å². The number of aliphatic hydroxyl groups excluding tert-OH is 1. The minimum absolute atomic E-state index is 0.104. The highest BCUT2D eigenvalue weighted by molar-refractivity contribution is 5.03. The molecule has 0 saturated heterocycles. The predicted molar refractivity (Wildman–Crippen MR) is 67.6 cm³/mol. The molecule has 0 amide bonds. The van der Waals surface area contributed by atoms with Crippen LogP contribution in [0.5, 0.6) is 0 Å². The Kier molecular flexibility index (Phi) is 4.18. The summed E-state index contributed by atoms with van der Waals surface area (Å²) in [5.74, 6) is 0. The van der Waals surface area contributed by atoms with Gasteiger partial charge in [-0.15, -0.1) is 0 Å². The van der Waals surface area contributed by atoms with Crippen molar-refractivity contribution in [2.45, 2.75) is 45.1 Å². The molecule has 1 aliphatic rings. The van der Waals surface area contributed by atoms with Crippen molar-refractivity contribution in [2.75, 3.05) is 13.2 Å². The highest BCUT2D eigenvalue weighted by Crippen LogP contribution is 2.35. The largest absolute Gasteiger partial charge is 0.396 e. The van der Waals surface area contributed by atoms with E-state index >= 15 is 0 Å². The van der Waals surface area contributed by atoms with Gasteiger partial charge in [-0.1, -0.05) is 19.3 Å². The van der Waals surface area contributed by atoms with Crippen molar-refractivity contribution < 1.29 is 5.11 Å². The summed E-state index contributed by atoms with van der Waals surface area (Å²) in [7, 11) is 0. The average Bonchev–Trinajstić information content (AvgIpc) is 2.91. The van der Waals surface area contributed by atoms with Crippen LogP contribution in [0.4, 0.5) is 0 Å². The predicted octanol–water partition coefficient (Wildman–Crippen LogP) is 2.00. The summed E-state index contributed by atoms with van der Waals surface area (Å²) in [5, 5.41) is 20.1. The fourth-order valence-corrected chi connectivity index (χ4v) is 2.68. The quantitative estimate of drug-likeness (QED) is 0.734. The van der Waals surface area contributed by atoms with Gasteiger partial charge in [0.25, 0.3) is 0 Å². The van der Waals surface area contributed by atoms with E-state index in [2.05, 4.69) is 22.4 Å². The fraction of sp³-hybridized carbons (Fsp3) is 0.769. The van der Waals surface area contributed by atoms with E-state index < -0.39 is 0 Å². The number of hydrogen-bond acceptors (Lipinski definition) is 3. The van der Waals surface area contributed by atoms with Gasteiger partial charge in [0.2, 0.25) is 0 Å². The van der Waals surface area contributed by atoms with Gasteiger partial charge in [0.1, 0.15) is 0 Å². The van der Waals surface area contributed by atoms with Crippen LogP contribution in [0.2, 0.25) is 0 Å². The molecule has 17 heavy (non-hydrogen) atoms. The first-order chi connectivity index (χ1) is 8.26. The van der Waals surface area contributed by atoms with E-state index in [1.807, 2.05) is 6.07 Å². The topological polar surface area (TPSA) is 60.9 Å². The number of aliphatic hydroxyl groups is 1. The second-order valence-corrected chi connectivity index (χ2v) is 5.33. The van der Waals surface area contributed by atoms with Crippen molar-refractivity contribution in [1.29, 1.82) is 0 Å². The number of nitrogens with one attached hydrogen (secondary N) is 2. The monoisotopic (exact) mass is 237 g/mol. The number of H-pyrrole nitrogens is 1. The Labute approximate surface area is 103 Å². The Morgan fingerprint density at radius 2 is 2.24 bits per heavy atom. The molecule has 2 rings (SSSR count). The molecule has 3 N–H and O–H groups in total. The van der Waals surface area contributed by atoms with Gasteiger partial charge < -0.3 is 10.4 Å². The Balaban J connectivity index is 1.87. The van der Waals surface area contributed by atoms with E-state index in [0.29, 0.717) is 6.61 Å². The second-order valence-electron chi connectivity index (χ2n) is 5.33. The summed E-state index contributed by atoms with van der Waals surface area (Å²) in [6, 6.07) is 2.26. The van der Waals surface area contributed by atoms with Crippen LogP contribution in [-0.4, -0.2) is 28.5 Å². The number of hydrogen-bond donors (Lipinski definition) is 3. The molecule has 0 radical (unpaired) electrons. The number of aromatic nitrogens is 2. The molecule has 4 heteroatoms. The Bertz CT molecular complexity index is 317. The van der Waals surface area contributed by atoms with Crippen LogP contribution < -0.4 is 5.32 Å². The standard InChI is InChI=1S/C13H23N3O/c1-11(12-5-8-15-16-12)14-9-13(10-17)6-3-2-4-7-13/h5,8,11,14,17H,2-4,6-7,9-10H2,1H3,(H,15,16). The van der Waals surface area contributed by atoms with E-state index in [9.17, 15) is 5.11 Å².